The van der Waals surface area contributed by atoms with Crippen LogP contribution in [0.2, 0.25) is 0 Å². The van der Waals surface area contributed by atoms with Crippen LogP contribution in [0.15, 0.2) is 18.2 Å². The summed E-state index contributed by atoms with van der Waals surface area (Å²) in [7, 11) is 1.77. The number of amides is 2. The summed E-state index contributed by atoms with van der Waals surface area (Å²) in [4.78, 5) is 28.6. The molecule has 1 aromatic carbocycles. The average Bonchev–Trinajstić information content (AvgIpc) is 2.64. The molecule has 2 N–H and O–H groups in total. The Morgan fingerprint density at radius 3 is 2.46 bits per heavy atom. The Balaban J connectivity index is 1.75. The van der Waals surface area contributed by atoms with Crippen LogP contribution in [0.4, 0.5) is 5.69 Å². The number of benzene rings is 1. The van der Waals surface area contributed by atoms with Gasteiger partial charge >= 0.3 is 0 Å². The summed E-state index contributed by atoms with van der Waals surface area (Å²) >= 11 is 0. The van der Waals surface area contributed by atoms with Crippen molar-refractivity contribution in [2.24, 2.45) is 0 Å². The SMILES string of the molecule is Cc1cccc(NC(=O)CN(C)CC(=O)NCC(C)(C)N2CCOCC2)c1C. The van der Waals surface area contributed by atoms with E-state index in [-0.39, 0.29) is 30.4 Å². The van der Waals surface area contributed by atoms with Gasteiger partial charge in [-0.25, -0.2) is 0 Å². The fourth-order valence-electron chi connectivity index (χ4n) is 3.27. The predicted molar refractivity (Wildman–Crippen MR) is 112 cm³/mol. The first-order valence-electron chi connectivity index (χ1n) is 9.83. The van der Waals surface area contributed by atoms with Crippen molar-refractivity contribution in [3.05, 3.63) is 29.3 Å². The van der Waals surface area contributed by atoms with Crippen LogP contribution in [0.25, 0.3) is 0 Å². The van der Waals surface area contributed by atoms with Crippen LogP contribution in [0, 0.1) is 13.8 Å². The van der Waals surface area contributed by atoms with E-state index >= 15 is 0 Å². The summed E-state index contributed by atoms with van der Waals surface area (Å²) in [5.74, 6) is -0.207. The Hall–Kier alpha value is -1.96. The second-order valence-corrected chi connectivity index (χ2v) is 8.16. The van der Waals surface area contributed by atoms with Crippen molar-refractivity contribution in [1.29, 1.82) is 0 Å². The molecule has 7 heteroatoms. The van der Waals surface area contributed by atoms with E-state index in [1.165, 1.54) is 0 Å². The Morgan fingerprint density at radius 2 is 1.79 bits per heavy atom. The molecule has 1 saturated heterocycles. The van der Waals surface area contributed by atoms with Crippen LogP contribution >= 0.6 is 0 Å². The number of nitrogens with one attached hydrogen (secondary N) is 2. The van der Waals surface area contributed by atoms with Gasteiger partial charge in [0.15, 0.2) is 0 Å². The highest BCUT2D eigenvalue weighted by Gasteiger charge is 2.28. The zero-order chi connectivity index (χ0) is 20.7. The van der Waals surface area contributed by atoms with Crippen molar-refractivity contribution in [2.45, 2.75) is 33.2 Å². The molecule has 28 heavy (non-hydrogen) atoms. The normalized spacial score (nSPS) is 15.5. The van der Waals surface area contributed by atoms with Crippen LogP contribution < -0.4 is 10.6 Å². The van der Waals surface area contributed by atoms with E-state index < -0.39 is 0 Å². The first-order valence-corrected chi connectivity index (χ1v) is 9.83. The molecule has 0 spiro atoms. The lowest BCUT2D eigenvalue weighted by atomic mass is 10.0. The number of hydrogen-bond donors (Lipinski definition) is 2. The molecule has 2 rings (SSSR count). The minimum atomic E-state index is -0.127. The number of anilines is 1. The predicted octanol–water partition coefficient (Wildman–Crippen LogP) is 1.40. The van der Waals surface area contributed by atoms with Gasteiger partial charge in [0.05, 0.1) is 26.3 Å². The number of carbonyl (C=O) groups is 2. The first kappa shape index (κ1) is 22.3. The molecule has 0 bridgehead atoms. The van der Waals surface area contributed by atoms with Gasteiger partial charge in [-0.3, -0.25) is 19.4 Å². The maximum absolute atomic E-state index is 12.3. The highest BCUT2D eigenvalue weighted by atomic mass is 16.5. The maximum atomic E-state index is 12.3. The third-order valence-corrected chi connectivity index (χ3v) is 5.29. The fraction of sp³-hybridized carbons (Fsp3) is 0.619. The Bertz CT molecular complexity index is 684. The van der Waals surface area contributed by atoms with Gasteiger partial charge in [-0.05, 0) is 51.9 Å². The highest BCUT2D eigenvalue weighted by molar-refractivity contribution is 5.93. The highest BCUT2D eigenvalue weighted by Crippen LogP contribution is 2.18. The van der Waals surface area contributed by atoms with E-state index in [0.717, 1.165) is 43.1 Å². The number of morpholine rings is 1. The number of likely N-dealkylation sites (N-methyl/N-ethyl adjacent to an activating group) is 1. The number of aryl methyl sites for hydroxylation is 1. The maximum Gasteiger partial charge on any atom is 0.238 e. The van der Waals surface area contributed by atoms with Gasteiger partial charge in [-0.1, -0.05) is 12.1 Å². The van der Waals surface area contributed by atoms with E-state index in [9.17, 15) is 9.59 Å². The fourth-order valence-corrected chi connectivity index (χ4v) is 3.27. The molecule has 1 aliphatic rings. The number of carbonyl (C=O) groups excluding carboxylic acids is 2. The van der Waals surface area contributed by atoms with Gasteiger partial charge in [-0.2, -0.15) is 0 Å². The average molecular weight is 391 g/mol. The van der Waals surface area contributed by atoms with Crippen molar-refractivity contribution in [3.8, 4) is 0 Å². The Morgan fingerprint density at radius 1 is 1.14 bits per heavy atom. The van der Waals surface area contributed by atoms with Gasteiger partial charge in [0, 0.05) is 30.9 Å². The lowest BCUT2D eigenvalue weighted by molar-refractivity contribution is -0.123. The molecular formula is C21H34N4O3. The van der Waals surface area contributed by atoms with E-state index in [1.807, 2.05) is 32.0 Å². The van der Waals surface area contributed by atoms with Crippen LogP contribution in [-0.2, 0) is 14.3 Å². The standard InChI is InChI=1S/C21H34N4O3/c1-16-7-6-8-18(17(16)2)23-20(27)14-24(5)13-19(26)22-15-21(3,4)25-9-11-28-12-10-25/h6-8H,9-15H2,1-5H3,(H,22,26)(H,23,27). The van der Waals surface area contributed by atoms with E-state index in [0.29, 0.717) is 6.54 Å². The molecule has 1 fully saturated rings. The molecule has 1 heterocycles. The molecule has 2 amide bonds. The number of ether oxygens (including phenoxy) is 1. The number of nitrogens with zero attached hydrogens (tertiary/aromatic N) is 2. The van der Waals surface area contributed by atoms with Crippen molar-refractivity contribution in [1.82, 2.24) is 15.1 Å². The molecule has 7 nitrogen and oxygen atoms in total. The van der Waals surface area contributed by atoms with Gasteiger partial charge in [0.25, 0.3) is 0 Å². The summed E-state index contributed by atoms with van der Waals surface area (Å²) in [6, 6.07) is 5.83. The van der Waals surface area contributed by atoms with Crippen LogP contribution in [0.5, 0.6) is 0 Å². The molecule has 0 unspecified atom stereocenters. The second kappa shape index (κ2) is 10.0. The third-order valence-electron chi connectivity index (χ3n) is 5.29. The van der Waals surface area contributed by atoms with Crippen molar-refractivity contribution < 1.29 is 14.3 Å². The summed E-state index contributed by atoms with van der Waals surface area (Å²) in [6.45, 7) is 12.4. The Kier molecular flexibility index (Phi) is 7.98. The second-order valence-electron chi connectivity index (χ2n) is 8.16. The van der Waals surface area contributed by atoms with Crippen LogP contribution in [0.1, 0.15) is 25.0 Å². The lowest BCUT2D eigenvalue weighted by Crippen LogP contribution is -2.56. The molecule has 0 saturated carbocycles. The number of rotatable bonds is 8. The third kappa shape index (κ3) is 6.58. The van der Waals surface area contributed by atoms with Gasteiger partial charge in [-0.15, -0.1) is 0 Å². The quantitative estimate of drug-likeness (QED) is 0.702. The smallest absolute Gasteiger partial charge is 0.238 e. The minimum absolute atomic E-state index is 0.0802. The summed E-state index contributed by atoms with van der Waals surface area (Å²) < 4.78 is 5.39. The molecule has 0 radical (unpaired) electrons. The molecule has 0 aliphatic carbocycles. The summed E-state index contributed by atoms with van der Waals surface area (Å²) in [5, 5.41) is 5.92. The van der Waals surface area contributed by atoms with Gasteiger partial charge < -0.3 is 15.4 Å². The van der Waals surface area contributed by atoms with Crippen LogP contribution in [-0.4, -0.2) is 80.1 Å². The summed E-state index contributed by atoms with van der Waals surface area (Å²) in [5.41, 5.74) is 2.88. The monoisotopic (exact) mass is 390 g/mol. The first-order chi connectivity index (χ1) is 13.2. The molecule has 0 atom stereocenters. The van der Waals surface area contributed by atoms with E-state index in [1.54, 1.807) is 11.9 Å². The molecule has 1 aliphatic heterocycles. The zero-order valence-corrected chi connectivity index (χ0v) is 17.8. The lowest BCUT2D eigenvalue weighted by Gasteiger charge is -2.40. The van der Waals surface area contributed by atoms with Crippen LogP contribution in [0.3, 0.4) is 0 Å². The number of hydrogen-bond acceptors (Lipinski definition) is 5. The molecule has 156 valence electrons. The molecular weight excluding hydrogens is 356 g/mol. The van der Waals surface area contributed by atoms with Gasteiger partial charge in [0.2, 0.25) is 11.8 Å². The summed E-state index contributed by atoms with van der Waals surface area (Å²) in [6.07, 6.45) is 0. The molecule has 1 aromatic rings. The van der Waals surface area contributed by atoms with Crippen molar-refractivity contribution in [2.75, 3.05) is 58.3 Å². The van der Waals surface area contributed by atoms with Gasteiger partial charge in [0.1, 0.15) is 0 Å². The molecule has 0 aromatic heterocycles. The topological polar surface area (TPSA) is 73.9 Å². The Labute approximate surface area is 168 Å². The zero-order valence-electron chi connectivity index (χ0n) is 17.8. The van der Waals surface area contributed by atoms with Crippen molar-refractivity contribution in [3.63, 3.8) is 0 Å². The van der Waals surface area contributed by atoms with E-state index in [4.69, 9.17) is 4.74 Å². The minimum Gasteiger partial charge on any atom is -0.379 e. The van der Waals surface area contributed by atoms with Crippen molar-refractivity contribution >= 4 is 17.5 Å². The largest absolute Gasteiger partial charge is 0.379 e. The van der Waals surface area contributed by atoms with E-state index in [2.05, 4.69) is 29.4 Å².